The first-order valence-electron chi connectivity index (χ1n) is 7.49. The van der Waals surface area contributed by atoms with Crippen LogP contribution in [0.1, 0.15) is 52.5 Å². The molecular formula is C17H27ClFN. The van der Waals surface area contributed by atoms with Crippen molar-refractivity contribution in [3.8, 4) is 0 Å². The van der Waals surface area contributed by atoms with Crippen molar-refractivity contribution < 1.29 is 4.39 Å². The molecule has 0 aliphatic carbocycles. The SMILES string of the molecule is CCCNC(CCC(C)(C)C)Cc1ccc(F)cc1Cl. The Morgan fingerprint density at radius 1 is 1.30 bits per heavy atom. The van der Waals surface area contributed by atoms with E-state index >= 15 is 0 Å². The highest BCUT2D eigenvalue weighted by Gasteiger charge is 2.16. The Morgan fingerprint density at radius 3 is 2.55 bits per heavy atom. The number of benzene rings is 1. The number of nitrogens with one attached hydrogen (secondary N) is 1. The summed E-state index contributed by atoms with van der Waals surface area (Å²) in [5.41, 5.74) is 1.36. The molecule has 0 heterocycles. The van der Waals surface area contributed by atoms with Gasteiger partial charge < -0.3 is 5.32 Å². The molecule has 1 nitrogen and oxygen atoms in total. The Morgan fingerprint density at radius 2 is 2.00 bits per heavy atom. The molecule has 0 saturated heterocycles. The number of rotatable bonds is 7. The summed E-state index contributed by atoms with van der Waals surface area (Å²) in [7, 11) is 0. The van der Waals surface area contributed by atoms with E-state index in [1.165, 1.54) is 12.1 Å². The maximum atomic E-state index is 13.1. The molecule has 0 aliphatic heterocycles. The summed E-state index contributed by atoms with van der Waals surface area (Å²) < 4.78 is 13.1. The molecule has 0 fully saturated rings. The van der Waals surface area contributed by atoms with Gasteiger partial charge in [0.2, 0.25) is 0 Å². The Hall–Kier alpha value is -0.600. The number of halogens is 2. The van der Waals surface area contributed by atoms with E-state index < -0.39 is 0 Å². The Balaban J connectivity index is 2.67. The molecule has 0 amide bonds. The molecule has 0 bridgehead atoms. The van der Waals surface area contributed by atoms with Crippen LogP contribution in [0, 0.1) is 11.2 Å². The van der Waals surface area contributed by atoms with E-state index in [0.29, 0.717) is 16.5 Å². The lowest BCUT2D eigenvalue weighted by Crippen LogP contribution is -2.33. The van der Waals surface area contributed by atoms with Crippen LogP contribution >= 0.6 is 11.6 Å². The maximum Gasteiger partial charge on any atom is 0.124 e. The number of hydrogen-bond acceptors (Lipinski definition) is 1. The van der Waals surface area contributed by atoms with Crippen LogP contribution in [0.4, 0.5) is 4.39 Å². The molecule has 0 spiro atoms. The lowest BCUT2D eigenvalue weighted by molar-refractivity contribution is 0.328. The van der Waals surface area contributed by atoms with Crippen molar-refractivity contribution in [1.82, 2.24) is 5.32 Å². The van der Waals surface area contributed by atoms with Crippen molar-refractivity contribution >= 4 is 11.6 Å². The summed E-state index contributed by atoms with van der Waals surface area (Å²) >= 11 is 6.13. The van der Waals surface area contributed by atoms with E-state index in [-0.39, 0.29) is 5.82 Å². The summed E-state index contributed by atoms with van der Waals surface area (Å²) in [6.07, 6.45) is 4.24. The molecule has 3 heteroatoms. The molecule has 1 rings (SSSR count). The van der Waals surface area contributed by atoms with Crippen molar-refractivity contribution in [1.29, 1.82) is 0 Å². The number of hydrogen-bond donors (Lipinski definition) is 1. The molecule has 20 heavy (non-hydrogen) atoms. The molecule has 1 N–H and O–H groups in total. The predicted molar refractivity (Wildman–Crippen MR) is 85.9 cm³/mol. The van der Waals surface area contributed by atoms with Crippen LogP contribution < -0.4 is 5.32 Å². The fraction of sp³-hybridized carbons (Fsp3) is 0.647. The molecule has 0 aliphatic rings. The molecule has 0 saturated carbocycles. The quantitative estimate of drug-likeness (QED) is 0.728. The summed E-state index contributed by atoms with van der Waals surface area (Å²) in [6.45, 7) is 9.95. The van der Waals surface area contributed by atoms with Crippen molar-refractivity contribution in [2.24, 2.45) is 5.41 Å². The lowest BCUT2D eigenvalue weighted by Gasteiger charge is -2.24. The van der Waals surface area contributed by atoms with Gasteiger partial charge in [0.25, 0.3) is 0 Å². The van der Waals surface area contributed by atoms with Crippen LogP contribution in [0.25, 0.3) is 0 Å². The van der Waals surface area contributed by atoms with E-state index in [1.807, 2.05) is 0 Å². The van der Waals surface area contributed by atoms with E-state index in [2.05, 4.69) is 33.0 Å². The second-order valence-electron chi connectivity index (χ2n) is 6.69. The van der Waals surface area contributed by atoms with Gasteiger partial charge in [0.05, 0.1) is 0 Å². The minimum Gasteiger partial charge on any atom is -0.314 e. The Labute approximate surface area is 127 Å². The van der Waals surface area contributed by atoms with Gasteiger partial charge in [0.1, 0.15) is 5.82 Å². The molecule has 114 valence electrons. The zero-order chi connectivity index (χ0) is 15.2. The van der Waals surface area contributed by atoms with E-state index in [4.69, 9.17) is 11.6 Å². The highest BCUT2D eigenvalue weighted by atomic mass is 35.5. The third kappa shape index (κ3) is 6.71. The fourth-order valence-corrected chi connectivity index (χ4v) is 2.43. The third-order valence-electron chi connectivity index (χ3n) is 3.41. The van der Waals surface area contributed by atoms with Gasteiger partial charge >= 0.3 is 0 Å². The van der Waals surface area contributed by atoms with Gasteiger partial charge in [-0.3, -0.25) is 0 Å². The molecule has 1 aromatic rings. The summed E-state index contributed by atoms with van der Waals surface area (Å²) in [5.74, 6) is -0.272. The van der Waals surface area contributed by atoms with E-state index in [0.717, 1.165) is 37.8 Å². The molecule has 0 aromatic heterocycles. The van der Waals surface area contributed by atoms with Crippen LogP contribution in [0.15, 0.2) is 18.2 Å². The molecular weight excluding hydrogens is 273 g/mol. The van der Waals surface area contributed by atoms with Crippen LogP contribution in [0.3, 0.4) is 0 Å². The van der Waals surface area contributed by atoms with Crippen LogP contribution in [0.5, 0.6) is 0 Å². The third-order valence-corrected chi connectivity index (χ3v) is 3.76. The normalized spacial score (nSPS) is 13.5. The predicted octanol–water partition coefficient (Wildman–Crippen LogP) is 5.22. The van der Waals surface area contributed by atoms with Crippen LogP contribution in [-0.4, -0.2) is 12.6 Å². The van der Waals surface area contributed by atoms with Gasteiger partial charge in [-0.05, 0) is 55.3 Å². The summed E-state index contributed by atoms with van der Waals surface area (Å²) in [5, 5.41) is 4.11. The lowest BCUT2D eigenvalue weighted by atomic mass is 9.87. The highest BCUT2D eigenvalue weighted by molar-refractivity contribution is 6.31. The topological polar surface area (TPSA) is 12.0 Å². The van der Waals surface area contributed by atoms with E-state index in [9.17, 15) is 4.39 Å². The monoisotopic (exact) mass is 299 g/mol. The standard InChI is InChI=1S/C17H27ClFN/c1-5-10-20-15(8-9-17(2,3)4)11-13-6-7-14(19)12-16(13)18/h6-7,12,15,20H,5,8-11H2,1-4H3. The van der Waals surface area contributed by atoms with Crippen molar-refractivity contribution in [3.63, 3.8) is 0 Å². The van der Waals surface area contributed by atoms with Gasteiger partial charge in [-0.2, -0.15) is 0 Å². The maximum absolute atomic E-state index is 13.1. The van der Waals surface area contributed by atoms with Gasteiger partial charge in [-0.15, -0.1) is 0 Å². The molecule has 0 radical (unpaired) electrons. The van der Waals surface area contributed by atoms with Gasteiger partial charge in [-0.25, -0.2) is 4.39 Å². The molecule has 1 unspecified atom stereocenters. The van der Waals surface area contributed by atoms with Crippen molar-refractivity contribution in [2.45, 2.75) is 59.4 Å². The first-order valence-corrected chi connectivity index (χ1v) is 7.87. The second kappa shape index (κ2) is 7.99. The summed E-state index contributed by atoms with van der Waals surface area (Å²) in [4.78, 5) is 0. The minimum atomic E-state index is -0.272. The van der Waals surface area contributed by atoms with Gasteiger partial charge in [0, 0.05) is 11.1 Å². The smallest absolute Gasteiger partial charge is 0.124 e. The Kier molecular flexibility index (Phi) is 6.97. The molecule has 1 atom stereocenters. The van der Waals surface area contributed by atoms with Crippen LogP contribution in [0.2, 0.25) is 5.02 Å². The zero-order valence-electron chi connectivity index (χ0n) is 13.1. The first kappa shape index (κ1) is 17.5. The Bertz CT molecular complexity index is 412. The van der Waals surface area contributed by atoms with E-state index in [1.54, 1.807) is 6.07 Å². The zero-order valence-corrected chi connectivity index (χ0v) is 13.9. The first-order chi connectivity index (χ1) is 9.31. The average molecular weight is 300 g/mol. The minimum absolute atomic E-state index is 0.272. The van der Waals surface area contributed by atoms with Gasteiger partial charge in [-0.1, -0.05) is 45.4 Å². The van der Waals surface area contributed by atoms with Crippen molar-refractivity contribution in [3.05, 3.63) is 34.6 Å². The highest BCUT2D eigenvalue weighted by Crippen LogP contribution is 2.24. The largest absolute Gasteiger partial charge is 0.314 e. The van der Waals surface area contributed by atoms with Crippen LogP contribution in [-0.2, 0) is 6.42 Å². The van der Waals surface area contributed by atoms with Crippen molar-refractivity contribution in [2.75, 3.05) is 6.54 Å². The average Bonchev–Trinajstić information content (AvgIpc) is 2.34. The fourth-order valence-electron chi connectivity index (χ4n) is 2.18. The summed E-state index contributed by atoms with van der Waals surface area (Å²) in [6, 6.07) is 5.09. The second-order valence-corrected chi connectivity index (χ2v) is 7.10. The molecule has 1 aromatic carbocycles. The van der Waals surface area contributed by atoms with Gasteiger partial charge in [0.15, 0.2) is 0 Å².